The SMILES string of the molecule is CC(C)NCc1cnn(CCS(C)(=O)=O)c1C(F)F. The van der Waals surface area contributed by atoms with Crippen LogP contribution in [0.2, 0.25) is 0 Å². The van der Waals surface area contributed by atoms with Gasteiger partial charge in [-0.1, -0.05) is 13.8 Å². The van der Waals surface area contributed by atoms with Crippen molar-refractivity contribution in [3.63, 3.8) is 0 Å². The predicted molar refractivity (Wildman–Crippen MR) is 68.9 cm³/mol. The first kappa shape index (κ1) is 16.0. The van der Waals surface area contributed by atoms with Crippen LogP contribution in [0.1, 0.15) is 31.5 Å². The average Bonchev–Trinajstić information content (AvgIpc) is 2.65. The molecule has 1 aromatic heterocycles. The highest BCUT2D eigenvalue weighted by Gasteiger charge is 2.20. The first-order valence-electron chi connectivity index (χ1n) is 5.94. The van der Waals surface area contributed by atoms with Gasteiger partial charge in [0.15, 0.2) is 0 Å². The maximum atomic E-state index is 13.0. The lowest BCUT2D eigenvalue weighted by atomic mass is 10.2. The third-order valence-electron chi connectivity index (χ3n) is 2.54. The van der Waals surface area contributed by atoms with E-state index in [4.69, 9.17) is 0 Å². The molecule has 0 saturated carbocycles. The number of nitrogens with one attached hydrogen (secondary N) is 1. The third-order valence-corrected chi connectivity index (χ3v) is 3.47. The minimum absolute atomic E-state index is 0.0554. The van der Waals surface area contributed by atoms with E-state index in [0.29, 0.717) is 5.56 Å². The lowest BCUT2D eigenvalue weighted by Gasteiger charge is -2.10. The summed E-state index contributed by atoms with van der Waals surface area (Å²) in [6.07, 6.45) is -0.245. The Labute approximate surface area is 111 Å². The van der Waals surface area contributed by atoms with E-state index in [2.05, 4.69) is 10.4 Å². The highest BCUT2D eigenvalue weighted by atomic mass is 32.2. The number of alkyl halides is 2. The summed E-state index contributed by atoms with van der Waals surface area (Å²) in [7, 11) is -3.20. The number of hydrogen-bond donors (Lipinski definition) is 1. The number of halogens is 2. The van der Waals surface area contributed by atoms with E-state index >= 15 is 0 Å². The molecule has 0 aliphatic rings. The Bertz CT molecular complexity index is 512. The van der Waals surface area contributed by atoms with Crippen LogP contribution < -0.4 is 5.32 Å². The number of hydrogen-bond acceptors (Lipinski definition) is 4. The zero-order chi connectivity index (χ0) is 14.6. The van der Waals surface area contributed by atoms with Crippen LogP contribution >= 0.6 is 0 Å². The van der Waals surface area contributed by atoms with E-state index in [1.165, 1.54) is 6.20 Å². The normalized spacial score (nSPS) is 12.6. The van der Waals surface area contributed by atoms with Crippen LogP contribution in [0.5, 0.6) is 0 Å². The van der Waals surface area contributed by atoms with Gasteiger partial charge in [-0.25, -0.2) is 17.2 Å². The first-order chi connectivity index (χ1) is 8.70. The van der Waals surface area contributed by atoms with Crippen LogP contribution in [-0.4, -0.2) is 36.2 Å². The molecule has 110 valence electrons. The molecule has 0 bridgehead atoms. The Kier molecular flexibility index (Phi) is 5.42. The van der Waals surface area contributed by atoms with Gasteiger partial charge in [0.1, 0.15) is 15.5 Å². The highest BCUT2D eigenvalue weighted by Crippen LogP contribution is 2.23. The average molecular weight is 295 g/mol. The summed E-state index contributed by atoms with van der Waals surface area (Å²) in [6.45, 7) is 4.06. The molecule has 0 unspecified atom stereocenters. The van der Waals surface area contributed by atoms with Crippen molar-refractivity contribution < 1.29 is 17.2 Å². The van der Waals surface area contributed by atoms with Crippen molar-refractivity contribution >= 4 is 9.84 Å². The van der Waals surface area contributed by atoms with Crippen LogP contribution in [0.25, 0.3) is 0 Å². The number of sulfone groups is 1. The minimum atomic E-state index is -3.20. The van der Waals surface area contributed by atoms with Crippen molar-refractivity contribution in [1.82, 2.24) is 15.1 Å². The Hall–Kier alpha value is -1.02. The second-order valence-corrected chi connectivity index (χ2v) is 7.00. The largest absolute Gasteiger partial charge is 0.310 e. The quantitative estimate of drug-likeness (QED) is 0.825. The molecule has 0 aromatic carbocycles. The second-order valence-electron chi connectivity index (χ2n) is 4.74. The van der Waals surface area contributed by atoms with Crippen LogP contribution in [0.4, 0.5) is 8.78 Å². The van der Waals surface area contributed by atoms with E-state index in [0.717, 1.165) is 10.9 Å². The lowest BCUT2D eigenvalue weighted by Crippen LogP contribution is -2.22. The Balaban J connectivity index is 2.87. The van der Waals surface area contributed by atoms with E-state index in [9.17, 15) is 17.2 Å². The number of aryl methyl sites for hydroxylation is 1. The van der Waals surface area contributed by atoms with E-state index < -0.39 is 16.3 Å². The maximum Gasteiger partial charge on any atom is 0.280 e. The molecule has 0 fully saturated rings. The molecule has 1 N–H and O–H groups in total. The fourth-order valence-electron chi connectivity index (χ4n) is 1.57. The van der Waals surface area contributed by atoms with Crippen LogP contribution in [0, 0.1) is 0 Å². The molecular weight excluding hydrogens is 276 g/mol. The van der Waals surface area contributed by atoms with Crippen LogP contribution in [0.3, 0.4) is 0 Å². The van der Waals surface area contributed by atoms with Crippen molar-refractivity contribution in [2.45, 2.75) is 39.4 Å². The fourth-order valence-corrected chi connectivity index (χ4v) is 2.07. The molecule has 5 nitrogen and oxygen atoms in total. The number of nitrogens with zero attached hydrogens (tertiary/aromatic N) is 2. The van der Waals surface area contributed by atoms with Crippen molar-refractivity contribution in [3.8, 4) is 0 Å². The molecule has 1 rings (SSSR count). The molecule has 19 heavy (non-hydrogen) atoms. The van der Waals surface area contributed by atoms with E-state index in [-0.39, 0.29) is 30.6 Å². The summed E-state index contributed by atoms with van der Waals surface area (Å²) >= 11 is 0. The highest BCUT2D eigenvalue weighted by molar-refractivity contribution is 7.90. The van der Waals surface area contributed by atoms with Gasteiger partial charge >= 0.3 is 0 Å². The monoisotopic (exact) mass is 295 g/mol. The maximum absolute atomic E-state index is 13.0. The van der Waals surface area contributed by atoms with Gasteiger partial charge in [0.05, 0.1) is 18.5 Å². The van der Waals surface area contributed by atoms with Gasteiger partial charge in [-0.05, 0) is 0 Å². The van der Waals surface area contributed by atoms with Gasteiger partial charge in [0.2, 0.25) is 0 Å². The Morgan fingerprint density at radius 2 is 2.05 bits per heavy atom. The third kappa shape index (κ3) is 5.23. The van der Waals surface area contributed by atoms with Gasteiger partial charge in [-0.15, -0.1) is 0 Å². The van der Waals surface area contributed by atoms with E-state index in [1.54, 1.807) is 0 Å². The summed E-state index contributed by atoms with van der Waals surface area (Å²) in [5.74, 6) is -0.203. The molecule has 0 spiro atoms. The topological polar surface area (TPSA) is 64.0 Å². The zero-order valence-corrected chi connectivity index (χ0v) is 12.0. The Morgan fingerprint density at radius 1 is 1.42 bits per heavy atom. The van der Waals surface area contributed by atoms with E-state index in [1.807, 2.05) is 13.8 Å². The molecular formula is C11H19F2N3O2S. The minimum Gasteiger partial charge on any atom is -0.310 e. The first-order valence-corrected chi connectivity index (χ1v) is 8.00. The summed E-state index contributed by atoms with van der Waals surface area (Å²) in [5, 5.41) is 6.89. The molecule has 1 heterocycles. The van der Waals surface area contributed by atoms with Gasteiger partial charge in [-0.2, -0.15) is 5.10 Å². The van der Waals surface area contributed by atoms with Gasteiger partial charge < -0.3 is 5.32 Å². The van der Waals surface area contributed by atoms with Crippen molar-refractivity contribution in [3.05, 3.63) is 17.5 Å². The summed E-state index contributed by atoms with van der Waals surface area (Å²) in [6, 6.07) is 0.171. The predicted octanol–water partition coefficient (Wildman–Crippen LogP) is 1.36. The zero-order valence-electron chi connectivity index (χ0n) is 11.2. The molecule has 0 atom stereocenters. The molecule has 1 aromatic rings. The van der Waals surface area contributed by atoms with Crippen LogP contribution in [0.15, 0.2) is 6.20 Å². The molecule has 0 radical (unpaired) electrons. The van der Waals surface area contributed by atoms with Gasteiger partial charge in [-0.3, -0.25) is 4.68 Å². The van der Waals surface area contributed by atoms with Crippen molar-refractivity contribution in [2.75, 3.05) is 12.0 Å². The van der Waals surface area contributed by atoms with Crippen molar-refractivity contribution in [1.29, 1.82) is 0 Å². The summed E-state index contributed by atoms with van der Waals surface area (Å²) in [4.78, 5) is 0. The summed E-state index contributed by atoms with van der Waals surface area (Å²) < 4.78 is 49.3. The van der Waals surface area contributed by atoms with Crippen molar-refractivity contribution in [2.24, 2.45) is 0 Å². The molecule has 0 aliphatic heterocycles. The molecule has 0 aliphatic carbocycles. The van der Waals surface area contributed by atoms with Gasteiger partial charge in [0, 0.05) is 24.4 Å². The number of aromatic nitrogens is 2. The Morgan fingerprint density at radius 3 is 2.53 bits per heavy atom. The fraction of sp³-hybridized carbons (Fsp3) is 0.727. The lowest BCUT2D eigenvalue weighted by molar-refractivity contribution is 0.138. The molecule has 0 amide bonds. The van der Waals surface area contributed by atoms with Crippen LogP contribution in [-0.2, 0) is 22.9 Å². The molecule has 8 heteroatoms. The number of rotatable bonds is 7. The standard InChI is InChI=1S/C11H19F2N3O2S/c1-8(2)14-6-9-7-15-16(10(9)11(12)13)4-5-19(3,17)18/h7-8,11,14H,4-6H2,1-3H3. The van der Waals surface area contributed by atoms with Gasteiger partial charge in [0.25, 0.3) is 6.43 Å². The smallest absolute Gasteiger partial charge is 0.280 e. The summed E-state index contributed by atoms with van der Waals surface area (Å²) in [5.41, 5.74) is 0.189. The molecule has 0 saturated heterocycles. The second kappa shape index (κ2) is 6.42.